The normalized spacial score (nSPS) is 10.9. The van der Waals surface area contributed by atoms with Gasteiger partial charge in [0.15, 0.2) is 6.54 Å². The summed E-state index contributed by atoms with van der Waals surface area (Å²) in [5, 5.41) is 11.4. The molecule has 0 aromatic rings. The lowest BCUT2D eigenvalue weighted by Crippen LogP contribution is -2.44. The van der Waals surface area contributed by atoms with E-state index in [2.05, 4.69) is 11.9 Å². The van der Waals surface area contributed by atoms with E-state index >= 15 is 0 Å². The van der Waals surface area contributed by atoms with E-state index in [4.69, 9.17) is 5.11 Å². The molecule has 0 atom stereocenters. The molecule has 2 N–H and O–H groups in total. The molecule has 0 heterocycles. The number of rotatable bonds is 9. The highest BCUT2D eigenvalue weighted by atomic mass is 16.4. The van der Waals surface area contributed by atoms with E-state index in [0.29, 0.717) is 11.0 Å². The number of nitrogens with one attached hydrogen (secondary N) is 1. The second kappa shape index (κ2) is 7.84. The van der Waals surface area contributed by atoms with E-state index in [0.717, 1.165) is 25.8 Å². The average Bonchev–Trinajstić information content (AvgIpc) is 2.20. The summed E-state index contributed by atoms with van der Waals surface area (Å²) in [6, 6.07) is 0. The van der Waals surface area contributed by atoms with Crippen LogP contribution < -0.4 is 5.32 Å². The molecule has 0 aromatic heterocycles. The molecule has 0 aliphatic heterocycles. The number of amides is 1. The van der Waals surface area contributed by atoms with Gasteiger partial charge in [-0.15, -0.1) is 0 Å². The molecule has 0 rings (SSSR count). The highest BCUT2D eigenvalue weighted by Crippen LogP contribution is 2.03. The van der Waals surface area contributed by atoms with Crippen molar-refractivity contribution < 1.29 is 19.2 Å². The maximum absolute atomic E-state index is 10.8. The Bertz CT molecular complexity index is 275. The van der Waals surface area contributed by atoms with Gasteiger partial charge < -0.3 is 14.9 Å². The number of aliphatic carboxylic acids is 1. The van der Waals surface area contributed by atoms with E-state index in [1.807, 2.05) is 14.1 Å². The monoisotopic (exact) mass is 243 g/mol. The third-order valence-corrected chi connectivity index (χ3v) is 2.49. The third-order valence-electron chi connectivity index (χ3n) is 2.49. The number of likely N-dealkylation sites (N-methyl/N-ethyl adjacent to an activating group) is 1. The van der Waals surface area contributed by atoms with Gasteiger partial charge >= 0.3 is 5.97 Å². The van der Waals surface area contributed by atoms with Gasteiger partial charge in [-0.3, -0.25) is 4.79 Å². The lowest BCUT2D eigenvalue weighted by Gasteiger charge is -2.27. The SMILES string of the molecule is C=CC(=O)NCCCCC[N+](C)(C)CC(=O)O. The standard InChI is InChI=1S/C12H22N2O3/c1-4-11(15)13-8-6-5-7-9-14(2,3)10-12(16)17/h4H,1,5-10H2,2-3H3,(H-,13,15,16,17)/p+1. The fourth-order valence-corrected chi connectivity index (χ4v) is 1.57. The lowest BCUT2D eigenvalue weighted by molar-refractivity contribution is -0.883. The number of carbonyl (C=O) groups is 2. The molecule has 0 saturated carbocycles. The average molecular weight is 243 g/mol. The molecule has 0 aliphatic carbocycles. The molecule has 5 nitrogen and oxygen atoms in total. The lowest BCUT2D eigenvalue weighted by atomic mass is 10.2. The van der Waals surface area contributed by atoms with Gasteiger partial charge in [-0.1, -0.05) is 6.58 Å². The summed E-state index contributed by atoms with van der Waals surface area (Å²) in [4.78, 5) is 21.4. The summed E-state index contributed by atoms with van der Waals surface area (Å²) in [6.45, 7) is 5.00. The van der Waals surface area contributed by atoms with Crippen molar-refractivity contribution in [1.29, 1.82) is 0 Å². The van der Waals surface area contributed by atoms with E-state index in [1.165, 1.54) is 6.08 Å². The van der Waals surface area contributed by atoms with Crippen LogP contribution in [0.2, 0.25) is 0 Å². The zero-order valence-electron chi connectivity index (χ0n) is 10.7. The van der Waals surface area contributed by atoms with Crippen LogP contribution in [0.5, 0.6) is 0 Å². The zero-order valence-corrected chi connectivity index (χ0v) is 10.7. The maximum atomic E-state index is 10.8. The first-order chi connectivity index (χ1) is 7.87. The predicted octanol–water partition coefficient (Wildman–Crippen LogP) is 0.620. The van der Waals surface area contributed by atoms with Gasteiger partial charge in [-0.25, -0.2) is 4.79 Å². The second-order valence-corrected chi connectivity index (χ2v) is 4.77. The van der Waals surface area contributed by atoms with Crippen LogP contribution in [0, 0.1) is 0 Å². The minimum absolute atomic E-state index is 0.146. The second-order valence-electron chi connectivity index (χ2n) is 4.77. The van der Waals surface area contributed by atoms with Crippen LogP contribution in [0.3, 0.4) is 0 Å². The summed E-state index contributed by atoms with van der Waals surface area (Å²) < 4.78 is 0.494. The third kappa shape index (κ3) is 9.56. The Morgan fingerprint density at radius 2 is 1.94 bits per heavy atom. The van der Waals surface area contributed by atoms with Crippen LogP contribution >= 0.6 is 0 Å². The smallest absolute Gasteiger partial charge is 0.359 e. The number of hydrogen-bond donors (Lipinski definition) is 2. The van der Waals surface area contributed by atoms with E-state index in [9.17, 15) is 9.59 Å². The molecule has 0 saturated heterocycles. The topological polar surface area (TPSA) is 66.4 Å². The quantitative estimate of drug-likeness (QED) is 0.354. The molecule has 0 bridgehead atoms. The number of quaternary nitrogens is 1. The number of unbranched alkanes of at least 4 members (excludes halogenated alkanes) is 2. The highest BCUT2D eigenvalue weighted by molar-refractivity contribution is 5.86. The van der Waals surface area contributed by atoms with Crippen molar-refractivity contribution in [2.45, 2.75) is 19.3 Å². The van der Waals surface area contributed by atoms with E-state index in [-0.39, 0.29) is 12.5 Å². The minimum Gasteiger partial charge on any atom is -0.477 e. The number of carboxylic acids is 1. The number of carboxylic acid groups (broad SMARTS) is 1. The van der Waals surface area contributed by atoms with Crippen LogP contribution in [0.15, 0.2) is 12.7 Å². The van der Waals surface area contributed by atoms with Crippen molar-refractivity contribution in [1.82, 2.24) is 5.32 Å². The summed E-state index contributed by atoms with van der Waals surface area (Å²) in [6.07, 6.45) is 4.11. The molecule has 0 spiro atoms. The van der Waals surface area contributed by atoms with Crippen LogP contribution in [-0.2, 0) is 9.59 Å². The van der Waals surface area contributed by atoms with Gasteiger partial charge in [0, 0.05) is 6.54 Å². The fraction of sp³-hybridized carbons (Fsp3) is 0.667. The van der Waals surface area contributed by atoms with Gasteiger partial charge in [-0.05, 0) is 25.3 Å². The number of nitrogens with zero attached hydrogens (tertiary/aromatic N) is 1. The summed E-state index contributed by atoms with van der Waals surface area (Å²) in [5.41, 5.74) is 0. The molecular formula is C12H23N2O3+. The summed E-state index contributed by atoms with van der Waals surface area (Å²) >= 11 is 0. The Labute approximate surface area is 103 Å². The Morgan fingerprint density at radius 3 is 2.47 bits per heavy atom. The first-order valence-electron chi connectivity index (χ1n) is 5.81. The van der Waals surface area contributed by atoms with Gasteiger partial charge in [-0.2, -0.15) is 0 Å². The van der Waals surface area contributed by atoms with Crippen molar-refractivity contribution >= 4 is 11.9 Å². The molecule has 5 heteroatoms. The number of hydrogen-bond acceptors (Lipinski definition) is 2. The van der Waals surface area contributed by atoms with Crippen molar-refractivity contribution in [3.8, 4) is 0 Å². The summed E-state index contributed by atoms with van der Waals surface area (Å²) in [5.74, 6) is -0.916. The predicted molar refractivity (Wildman–Crippen MR) is 66.5 cm³/mol. The number of carbonyl (C=O) groups excluding carboxylic acids is 1. The van der Waals surface area contributed by atoms with Crippen LogP contribution in [-0.4, -0.2) is 55.2 Å². The van der Waals surface area contributed by atoms with Crippen LogP contribution in [0.25, 0.3) is 0 Å². The molecule has 0 aromatic carbocycles. The first-order valence-corrected chi connectivity index (χ1v) is 5.81. The van der Waals surface area contributed by atoms with Gasteiger partial charge in [0.2, 0.25) is 5.91 Å². The van der Waals surface area contributed by atoms with Crippen LogP contribution in [0.1, 0.15) is 19.3 Å². The largest absolute Gasteiger partial charge is 0.477 e. The van der Waals surface area contributed by atoms with E-state index in [1.54, 1.807) is 0 Å². The molecule has 98 valence electrons. The highest BCUT2D eigenvalue weighted by Gasteiger charge is 2.18. The fourth-order valence-electron chi connectivity index (χ4n) is 1.57. The van der Waals surface area contributed by atoms with Crippen molar-refractivity contribution in [2.75, 3.05) is 33.7 Å². The van der Waals surface area contributed by atoms with Crippen molar-refractivity contribution in [3.63, 3.8) is 0 Å². The van der Waals surface area contributed by atoms with Gasteiger partial charge in [0.1, 0.15) is 0 Å². The van der Waals surface area contributed by atoms with E-state index < -0.39 is 5.97 Å². The molecule has 17 heavy (non-hydrogen) atoms. The molecule has 0 fully saturated rings. The minimum atomic E-state index is -0.770. The van der Waals surface area contributed by atoms with Crippen molar-refractivity contribution in [2.24, 2.45) is 0 Å². The van der Waals surface area contributed by atoms with Gasteiger partial charge in [0.25, 0.3) is 0 Å². The van der Waals surface area contributed by atoms with Crippen LogP contribution in [0.4, 0.5) is 0 Å². The molecular weight excluding hydrogens is 220 g/mol. The molecule has 0 radical (unpaired) electrons. The Balaban J connectivity index is 3.54. The summed E-state index contributed by atoms with van der Waals surface area (Å²) in [7, 11) is 3.82. The Kier molecular flexibility index (Phi) is 7.21. The Morgan fingerprint density at radius 1 is 1.29 bits per heavy atom. The Hall–Kier alpha value is -1.36. The van der Waals surface area contributed by atoms with Gasteiger partial charge in [0.05, 0.1) is 20.6 Å². The first kappa shape index (κ1) is 15.6. The molecule has 0 unspecified atom stereocenters. The zero-order chi connectivity index (χ0) is 13.3. The molecule has 0 aliphatic rings. The molecule has 1 amide bonds. The van der Waals surface area contributed by atoms with Crippen molar-refractivity contribution in [3.05, 3.63) is 12.7 Å². The maximum Gasteiger partial charge on any atom is 0.359 e.